The number of phenols is 2. The maximum absolute atomic E-state index is 11.5. The minimum Gasteiger partial charge on any atom is -0.507 e. The van der Waals surface area contributed by atoms with Crippen LogP contribution < -0.4 is 0 Å². The Labute approximate surface area is 201 Å². The van der Waals surface area contributed by atoms with Crippen molar-refractivity contribution in [2.45, 2.75) is 39.5 Å². The summed E-state index contributed by atoms with van der Waals surface area (Å²) < 4.78 is 0. The average Bonchev–Trinajstić information content (AvgIpc) is 2.84. The van der Waals surface area contributed by atoms with Crippen molar-refractivity contribution in [1.29, 1.82) is 0 Å². The van der Waals surface area contributed by atoms with Gasteiger partial charge in [0.05, 0.1) is 0 Å². The maximum Gasteiger partial charge on any atom is 0.131 e. The van der Waals surface area contributed by atoms with Crippen LogP contribution in [0.1, 0.15) is 50.7 Å². The van der Waals surface area contributed by atoms with E-state index in [0.717, 1.165) is 54.9 Å². The Balaban J connectivity index is 1.94. The fraction of sp³-hybridized carbons (Fsp3) is 0.188. The van der Waals surface area contributed by atoms with E-state index >= 15 is 0 Å². The molecule has 0 aliphatic rings. The largest absolute Gasteiger partial charge is 0.507 e. The lowest BCUT2D eigenvalue weighted by Gasteiger charge is -2.25. The summed E-state index contributed by atoms with van der Waals surface area (Å²) in [4.78, 5) is 0. The third kappa shape index (κ3) is 3.51. The molecule has 0 bridgehead atoms. The molecule has 0 spiro atoms. The first-order valence-electron chi connectivity index (χ1n) is 12.0. The van der Waals surface area contributed by atoms with Crippen LogP contribution >= 0.6 is 0 Å². The minimum atomic E-state index is 0.239. The minimum absolute atomic E-state index is 0.239. The summed E-state index contributed by atoms with van der Waals surface area (Å²) in [6, 6.07) is 28.4. The van der Waals surface area contributed by atoms with E-state index < -0.39 is 0 Å². The number of aromatic hydroxyl groups is 2. The van der Waals surface area contributed by atoms with Crippen LogP contribution in [0.3, 0.4) is 0 Å². The second-order valence-electron chi connectivity index (χ2n) is 9.67. The van der Waals surface area contributed by atoms with Crippen LogP contribution in [0.15, 0.2) is 84.9 Å². The Morgan fingerprint density at radius 2 is 0.853 bits per heavy atom. The van der Waals surface area contributed by atoms with Crippen LogP contribution in [0.2, 0.25) is 0 Å². The summed E-state index contributed by atoms with van der Waals surface area (Å²) in [5, 5.41) is 26.6. The van der Waals surface area contributed by atoms with E-state index in [2.05, 4.69) is 52.0 Å². The molecule has 5 rings (SSSR count). The molecule has 5 aromatic rings. The highest BCUT2D eigenvalue weighted by Gasteiger charge is 2.24. The first-order chi connectivity index (χ1) is 16.4. The lowest BCUT2D eigenvalue weighted by atomic mass is 9.80. The number of fused-ring (bicyclic) bond motifs is 2. The Kier molecular flexibility index (Phi) is 5.53. The topological polar surface area (TPSA) is 40.5 Å². The van der Waals surface area contributed by atoms with Crippen LogP contribution in [0.25, 0.3) is 43.8 Å². The smallest absolute Gasteiger partial charge is 0.131 e. The quantitative estimate of drug-likeness (QED) is 0.289. The number of rotatable bonds is 4. The summed E-state index contributed by atoms with van der Waals surface area (Å²) >= 11 is 0. The highest BCUT2D eigenvalue weighted by atomic mass is 16.3. The summed E-state index contributed by atoms with van der Waals surface area (Å²) in [6.45, 7) is 8.71. The van der Waals surface area contributed by atoms with E-state index in [0.29, 0.717) is 0 Å². The zero-order valence-corrected chi connectivity index (χ0v) is 20.1. The molecule has 0 aliphatic carbocycles. The molecule has 0 fully saturated rings. The van der Waals surface area contributed by atoms with Crippen LogP contribution in [0.4, 0.5) is 0 Å². The zero-order chi connectivity index (χ0) is 24.0. The van der Waals surface area contributed by atoms with Gasteiger partial charge in [-0.05, 0) is 57.0 Å². The van der Waals surface area contributed by atoms with Crippen molar-refractivity contribution < 1.29 is 10.2 Å². The second kappa shape index (κ2) is 8.53. The lowest BCUT2D eigenvalue weighted by molar-refractivity contribution is 0.482. The predicted octanol–water partition coefficient (Wildman–Crippen LogP) is 8.98. The van der Waals surface area contributed by atoms with Crippen molar-refractivity contribution in [3.63, 3.8) is 0 Å². The Morgan fingerprint density at radius 3 is 1.24 bits per heavy atom. The maximum atomic E-state index is 11.5. The van der Waals surface area contributed by atoms with Crippen molar-refractivity contribution in [2.24, 2.45) is 0 Å². The first kappa shape index (κ1) is 22.0. The van der Waals surface area contributed by atoms with E-state index in [1.165, 1.54) is 0 Å². The van der Waals surface area contributed by atoms with Gasteiger partial charge in [0.2, 0.25) is 0 Å². The van der Waals surface area contributed by atoms with Gasteiger partial charge >= 0.3 is 0 Å². The van der Waals surface area contributed by atoms with Gasteiger partial charge in [-0.2, -0.15) is 0 Å². The molecule has 0 saturated carbocycles. The van der Waals surface area contributed by atoms with E-state index in [1.54, 1.807) is 0 Å². The molecule has 0 heterocycles. The molecular weight excluding hydrogens is 416 g/mol. The summed E-state index contributed by atoms with van der Waals surface area (Å²) in [6.07, 6.45) is 0. The normalized spacial score (nSPS) is 11.7. The van der Waals surface area contributed by atoms with Gasteiger partial charge in [0, 0.05) is 21.9 Å². The van der Waals surface area contributed by atoms with Crippen LogP contribution in [0, 0.1) is 0 Å². The molecular formula is C32H30O2. The Bertz CT molecular complexity index is 1410. The van der Waals surface area contributed by atoms with Crippen molar-refractivity contribution >= 4 is 21.5 Å². The molecule has 2 heteroatoms. The molecule has 2 N–H and O–H groups in total. The van der Waals surface area contributed by atoms with Gasteiger partial charge in [-0.25, -0.2) is 0 Å². The van der Waals surface area contributed by atoms with Gasteiger partial charge < -0.3 is 10.2 Å². The highest BCUT2D eigenvalue weighted by molar-refractivity contribution is 6.03. The highest BCUT2D eigenvalue weighted by Crippen LogP contribution is 2.49. The van der Waals surface area contributed by atoms with Crippen molar-refractivity contribution in [3.8, 4) is 33.8 Å². The fourth-order valence-corrected chi connectivity index (χ4v) is 5.09. The SMILES string of the molecule is CC(C)c1ccc(C(C)C)c(-c2ccc3ccccc3c2O)c1-c1ccc2ccccc2c1O. The van der Waals surface area contributed by atoms with Crippen LogP contribution in [-0.2, 0) is 0 Å². The standard InChI is InChI=1S/C32H30O2/c1-19(2)23-17-18-24(20(3)4)30(28-16-14-22-10-6-8-12-26(22)32(28)34)29(23)27-15-13-21-9-5-7-11-25(21)31(27)33/h5-20,33-34H,1-4H3. The summed E-state index contributed by atoms with van der Waals surface area (Å²) in [5.74, 6) is 1.04. The Morgan fingerprint density at radius 1 is 0.471 bits per heavy atom. The molecule has 0 saturated heterocycles. The van der Waals surface area contributed by atoms with Crippen LogP contribution in [-0.4, -0.2) is 10.2 Å². The average molecular weight is 447 g/mol. The molecule has 0 aromatic heterocycles. The third-order valence-electron chi connectivity index (χ3n) is 6.85. The fourth-order valence-electron chi connectivity index (χ4n) is 5.09. The number of phenolic OH excluding ortho intramolecular Hbond substituents is 2. The van der Waals surface area contributed by atoms with E-state index in [9.17, 15) is 10.2 Å². The molecule has 0 unspecified atom stereocenters. The summed E-state index contributed by atoms with van der Waals surface area (Å²) in [7, 11) is 0. The van der Waals surface area contributed by atoms with E-state index in [1.807, 2.05) is 60.7 Å². The van der Waals surface area contributed by atoms with Gasteiger partial charge in [0.15, 0.2) is 0 Å². The van der Waals surface area contributed by atoms with Crippen LogP contribution in [0.5, 0.6) is 11.5 Å². The van der Waals surface area contributed by atoms with Gasteiger partial charge in [-0.1, -0.05) is 100 Å². The van der Waals surface area contributed by atoms with Gasteiger partial charge in [-0.3, -0.25) is 0 Å². The van der Waals surface area contributed by atoms with Crippen molar-refractivity contribution in [2.75, 3.05) is 0 Å². The second-order valence-corrected chi connectivity index (χ2v) is 9.67. The van der Waals surface area contributed by atoms with Gasteiger partial charge in [0.1, 0.15) is 11.5 Å². The molecule has 170 valence electrons. The molecule has 0 aliphatic heterocycles. The summed E-state index contributed by atoms with van der Waals surface area (Å²) in [5.41, 5.74) is 5.89. The molecule has 0 radical (unpaired) electrons. The molecule has 2 nitrogen and oxygen atoms in total. The van der Waals surface area contributed by atoms with E-state index in [4.69, 9.17) is 0 Å². The molecule has 34 heavy (non-hydrogen) atoms. The van der Waals surface area contributed by atoms with Gasteiger partial charge in [-0.15, -0.1) is 0 Å². The molecule has 5 aromatic carbocycles. The Hall–Kier alpha value is -3.78. The lowest BCUT2D eigenvalue weighted by Crippen LogP contribution is -2.02. The van der Waals surface area contributed by atoms with Gasteiger partial charge in [0.25, 0.3) is 0 Å². The number of hydrogen-bond acceptors (Lipinski definition) is 2. The number of benzene rings is 5. The van der Waals surface area contributed by atoms with Crippen molar-refractivity contribution in [3.05, 3.63) is 96.1 Å². The molecule has 0 amide bonds. The molecule has 0 atom stereocenters. The number of hydrogen-bond donors (Lipinski definition) is 2. The first-order valence-corrected chi connectivity index (χ1v) is 12.0. The van der Waals surface area contributed by atoms with E-state index in [-0.39, 0.29) is 23.3 Å². The third-order valence-corrected chi connectivity index (χ3v) is 6.85. The zero-order valence-electron chi connectivity index (χ0n) is 20.1. The van der Waals surface area contributed by atoms with Crippen molar-refractivity contribution in [1.82, 2.24) is 0 Å². The predicted molar refractivity (Wildman–Crippen MR) is 144 cm³/mol. The monoisotopic (exact) mass is 446 g/mol.